The predicted octanol–water partition coefficient (Wildman–Crippen LogP) is 3.66. The van der Waals surface area contributed by atoms with Crippen molar-refractivity contribution in [2.24, 2.45) is 0 Å². The summed E-state index contributed by atoms with van der Waals surface area (Å²) in [5.41, 5.74) is -0.741. The highest BCUT2D eigenvalue weighted by Gasteiger charge is 2.33. The normalized spacial score (nSPS) is 12.0. The van der Waals surface area contributed by atoms with E-state index in [0.29, 0.717) is 0 Å². The second-order valence-corrected chi connectivity index (χ2v) is 2.87. The summed E-state index contributed by atoms with van der Waals surface area (Å²) < 4.78 is 42.4. The fourth-order valence-corrected chi connectivity index (χ4v) is 1.06. The lowest BCUT2D eigenvalue weighted by molar-refractivity contribution is -0.138. The second kappa shape index (κ2) is 4.87. The monoisotopic (exact) mass is 216 g/mol. The zero-order valence-electron chi connectivity index (χ0n) is 8.21. The minimum atomic E-state index is -4.37. The summed E-state index contributed by atoms with van der Waals surface area (Å²) in [6.45, 7) is 1.92. The molecule has 4 heteroatoms. The topological polar surface area (TPSA) is 9.23 Å². The van der Waals surface area contributed by atoms with Gasteiger partial charge in [0.25, 0.3) is 0 Å². The Hall–Kier alpha value is -1.45. The van der Waals surface area contributed by atoms with Crippen molar-refractivity contribution in [3.63, 3.8) is 0 Å². The van der Waals surface area contributed by atoms with E-state index in [4.69, 9.17) is 4.74 Å². The molecule has 1 nitrogen and oxygen atoms in total. The smallest absolute Gasteiger partial charge is 0.419 e. The first-order valence-electron chi connectivity index (χ1n) is 4.46. The van der Waals surface area contributed by atoms with Crippen LogP contribution in [0.15, 0.2) is 36.4 Å². The van der Waals surface area contributed by atoms with Crippen LogP contribution >= 0.6 is 0 Å². The number of hydrogen-bond acceptors (Lipinski definition) is 1. The zero-order valence-corrected chi connectivity index (χ0v) is 8.21. The van der Waals surface area contributed by atoms with Crippen LogP contribution in [0.25, 0.3) is 0 Å². The Kier molecular flexibility index (Phi) is 3.77. The van der Waals surface area contributed by atoms with Crippen molar-refractivity contribution >= 4 is 0 Å². The summed E-state index contributed by atoms with van der Waals surface area (Å²) in [5, 5.41) is 0. The van der Waals surface area contributed by atoms with Crippen LogP contribution in [-0.2, 0) is 6.18 Å². The molecule has 1 aromatic rings. The number of alkyl halides is 3. The summed E-state index contributed by atoms with van der Waals surface area (Å²) >= 11 is 0. The fourth-order valence-electron chi connectivity index (χ4n) is 1.06. The van der Waals surface area contributed by atoms with E-state index in [9.17, 15) is 13.2 Å². The van der Waals surface area contributed by atoms with Gasteiger partial charge in [-0.2, -0.15) is 13.2 Å². The van der Waals surface area contributed by atoms with Crippen LogP contribution in [0.5, 0.6) is 5.75 Å². The SMILES string of the molecule is C/C=C/COc1ccccc1C(F)(F)F. The first-order chi connectivity index (χ1) is 7.05. The van der Waals surface area contributed by atoms with Gasteiger partial charge in [-0.3, -0.25) is 0 Å². The molecular formula is C11H11F3O. The van der Waals surface area contributed by atoms with Crippen LogP contribution in [0, 0.1) is 0 Å². The predicted molar refractivity (Wildman–Crippen MR) is 51.8 cm³/mol. The third-order valence-electron chi connectivity index (χ3n) is 1.76. The molecule has 0 aliphatic heterocycles. The second-order valence-electron chi connectivity index (χ2n) is 2.87. The van der Waals surface area contributed by atoms with Crippen LogP contribution in [0.2, 0.25) is 0 Å². The number of benzene rings is 1. The maximum Gasteiger partial charge on any atom is 0.419 e. The Morgan fingerprint density at radius 2 is 1.93 bits per heavy atom. The molecule has 0 heterocycles. The molecule has 0 bridgehead atoms. The quantitative estimate of drug-likeness (QED) is 0.700. The summed E-state index contributed by atoms with van der Waals surface area (Å²) in [7, 11) is 0. The lowest BCUT2D eigenvalue weighted by atomic mass is 10.2. The Balaban J connectivity index is 2.87. The van der Waals surface area contributed by atoms with Gasteiger partial charge in [0.15, 0.2) is 0 Å². The fraction of sp³-hybridized carbons (Fsp3) is 0.273. The third kappa shape index (κ3) is 3.31. The van der Waals surface area contributed by atoms with Gasteiger partial charge < -0.3 is 4.74 Å². The molecule has 0 atom stereocenters. The highest BCUT2D eigenvalue weighted by Crippen LogP contribution is 2.35. The van der Waals surface area contributed by atoms with Crippen molar-refractivity contribution in [1.29, 1.82) is 0 Å². The molecule has 0 N–H and O–H groups in total. The molecule has 0 fully saturated rings. The maximum absolute atomic E-state index is 12.5. The van der Waals surface area contributed by atoms with Gasteiger partial charge in [0.1, 0.15) is 12.4 Å². The van der Waals surface area contributed by atoms with Gasteiger partial charge in [-0.15, -0.1) is 0 Å². The summed E-state index contributed by atoms with van der Waals surface area (Å²) in [6.07, 6.45) is -1.00. The van der Waals surface area contributed by atoms with Crippen molar-refractivity contribution in [1.82, 2.24) is 0 Å². The van der Waals surface area contributed by atoms with E-state index in [1.807, 2.05) is 0 Å². The molecule has 0 saturated heterocycles. The Labute approximate surface area is 86.2 Å². The van der Waals surface area contributed by atoms with E-state index >= 15 is 0 Å². The molecule has 0 radical (unpaired) electrons. The van der Waals surface area contributed by atoms with Gasteiger partial charge in [-0.25, -0.2) is 0 Å². The Morgan fingerprint density at radius 3 is 2.53 bits per heavy atom. The largest absolute Gasteiger partial charge is 0.489 e. The standard InChI is InChI=1S/C11H11F3O/c1-2-3-8-15-10-7-5-4-6-9(10)11(12,13)14/h2-7H,8H2,1H3/b3-2+. The van der Waals surface area contributed by atoms with Crippen molar-refractivity contribution < 1.29 is 17.9 Å². The molecule has 0 aromatic heterocycles. The average Bonchev–Trinajstić information content (AvgIpc) is 2.17. The lowest BCUT2D eigenvalue weighted by Gasteiger charge is -2.12. The molecule has 0 unspecified atom stereocenters. The van der Waals surface area contributed by atoms with Gasteiger partial charge in [0, 0.05) is 0 Å². The number of para-hydroxylation sites is 1. The van der Waals surface area contributed by atoms with Crippen LogP contribution < -0.4 is 4.74 Å². The van der Waals surface area contributed by atoms with Gasteiger partial charge in [-0.05, 0) is 19.1 Å². The first kappa shape index (κ1) is 11.6. The Bertz CT molecular complexity index is 342. The van der Waals surface area contributed by atoms with E-state index in [2.05, 4.69) is 0 Å². The minimum Gasteiger partial charge on any atom is -0.489 e. The molecule has 1 aromatic carbocycles. The van der Waals surface area contributed by atoms with Gasteiger partial charge >= 0.3 is 6.18 Å². The summed E-state index contributed by atoms with van der Waals surface area (Å²) in [4.78, 5) is 0. The molecule has 15 heavy (non-hydrogen) atoms. The van der Waals surface area contributed by atoms with E-state index in [1.165, 1.54) is 18.2 Å². The molecular weight excluding hydrogens is 205 g/mol. The highest BCUT2D eigenvalue weighted by atomic mass is 19.4. The van der Waals surface area contributed by atoms with Gasteiger partial charge in [0.2, 0.25) is 0 Å². The van der Waals surface area contributed by atoms with E-state index < -0.39 is 11.7 Å². The molecule has 1 rings (SSSR count). The maximum atomic E-state index is 12.5. The van der Waals surface area contributed by atoms with Crippen molar-refractivity contribution in [3.8, 4) is 5.75 Å². The first-order valence-corrected chi connectivity index (χ1v) is 4.46. The number of hydrogen-bond donors (Lipinski definition) is 0. The minimum absolute atomic E-state index is 0.136. The lowest BCUT2D eigenvalue weighted by Crippen LogP contribution is -2.08. The average molecular weight is 216 g/mol. The van der Waals surface area contributed by atoms with E-state index in [1.54, 1.807) is 19.1 Å². The van der Waals surface area contributed by atoms with E-state index in [0.717, 1.165) is 6.07 Å². The van der Waals surface area contributed by atoms with Crippen molar-refractivity contribution in [3.05, 3.63) is 42.0 Å². The molecule has 0 saturated carbocycles. The highest BCUT2D eigenvalue weighted by molar-refractivity contribution is 5.35. The summed E-state index contributed by atoms with van der Waals surface area (Å²) in [5.74, 6) is -0.136. The van der Waals surface area contributed by atoms with Crippen molar-refractivity contribution in [2.75, 3.05) is 6.61 Å². The zero-order chi connectivity index (χ0) is 11.3. The molecule has 0 amide bonds. The Morgan fingerprint density at radius 1 is 1.27 bits per heavy atom. The van der Waals surface area contributed by atoms with Crippen LogP contribution in [-0.4, -0.2) is 6.61 Å². The molecule has 0 aliphatic rings. The van der Waals surface area contributed by atoms with Crippen LogP contribution in [0.3, 0.4) is 0 Å². The molecule has 0 aliphatic carbocycles. The van der Waals surface area contributed by atoms with Gasteiger partial charge in [0.05, 0.1) is 5.56 Å². The summed E-state index contributed by atoms with van der Waals surface area (Å²) in [6, 6.07) is 5.17. The number of halogens is 3. The third-order valence-corrected chi connectivity index (χ3v) is 1.76. The van der Waals surface area contributed by atoms with Crippen molar-refractivity contribution in [2.45, 2.75) is 13.1 Å². The number of rotatable bonds is 3. The van der Waals surface area contributed by atoms with Crippen LogP contribution in [0.4, 0.5) is 13.2 Å². The van der Waals surface area contributed by atoms with Gasteiger partial charge in [-0.1, -0.05) is 24.3 Å². The number of allylic oxidation sites excluding steroid dienone is 1. The van der Waals surface area contributed by atoms with E-state index in [-0.39, 0.29) is 12.4 Å². The molecule has 0 spiro atoms. The number of ether oxygens (including phenoxy) is 1. The van der Waals surface area contributed by atoms with Crippen LogP contribution in [0.1, 0.15) is 12.5 Å². The molecule has 82 valence electrons.